The third-order valence-electron chi connectivity index (χ3n) is 3.03. The van der Waals surface area contributed by atoms with E-state index < -0.39 is 0 Å². The lowest BCUT2D eigenvalue weighted by Crippen LogP contribution is -2.46. The van der Waals surface area contributed by atoms with Crippen LogP contribution in [-0.2, 0) is 0 Å². The minimum Gasteiger partial charge on any atom is -0.390 e. The lowest BCUT2D eigenvalue weighted by Gasteiger charge is -2.31. The Morgan fingerprint density at radius 2 is 2.00 bits per heavy atom. The first-order valence-electron chi connectivity index (χ1n) is 5.90. The molecule has 3 nitrogen and oxygen atoms in total. The van der Waals surface area contributed by atoms with Gasteiger partial charge in [0.05, 0.1) is 6.10 Å². The fraction of sp³-hybridized carbons (Fsp3) is 0.538. The van der Waals surface area contributed by atoms with Crippen LogP contribution >= 0.6 is 11.6 Å². The molecule has 0 bridgehead atoms. The molecule has 1 aromatic rings. The van der Waals surface area contributed by atoms with Crippen molar-refractivity contribution >= 4 is 17.3 Å². The van der Waals surface area contributed by atoms with Crippen molar-refractivity contribution in [2.75, 3.05) is 24.5 Å². The van der Waals surface area contributed by atoms with Crippen LogP contribution in [0.5, 0.6) is 0 Å². The van der Waals surface area contributed by atoms with Crippen molar-refractivity contribution < 1.29 is 5.11 Å². The predicted octanol–water partition coefficient (Wildman–Crippen LogP) is 1.89. The summed E-state index contributed by atoms with van der Waals surface area (Å²) in [4.78, 5) is 2.20. The number of aliphatic hydroxyl groups is 1. The maximum absolute atomic E-state index is 9.88. The summed E-state index contributed by atoms with van der Waals surface area (Å²) in [5, 5.41) is 14.0. The molecule has 1 aliphatic rings. The zero-order valence-corrected chi connectivity index (χ0v) is 11.0. The van der Waals surface area contributed by atoms with Crippen molar-refractivity contribution in [3.8, 4) is 0 Å². The van der Waals surface area contributed by atoms with Crippen LogP contribution in [0.1, 0.15) is 13.8 Å². The summed E-state index contributed by atoms with van der Waals surface area (Å²) < 4.78 is 0. The topological polar surface area (TPSA) is 35.5 Å². The number of nitrogens with one attached hydrogen (secondary N) is 1. The molecule has 1 atom stereocenters. The molecule has 0 saturated carbocycles. The van der Waals surface area contributed by atoms with E-state index in [1.807, 2.05) is 24.3 Å². The van der Waals surface area contributed by atoms with Crippen molar-refractivity contribution in [2.24, 2.45) is 0 Å². The molecule has 94 valence electrons. The summed E-state index contributed by atoms with van der Waals surface area (Å²) in [6.07, 6.45) is -0.340. The summed E-state index contributed by atoms with van der Waals surface area (Å²) in [7, 11) is 0. The summed E-state index contributed by atoms with van der Waals surface area (Å²) >= 11 is 5.89. The summed E-state index contributed by atoms with van der Waals surface area (Å²) in [6.45, 7) is 6.45. The molecular formula is C13H19ClN2O. The van der Waals surface area contributed by atoms with Gasteiger partial charge < -0.3 is 15.3 Å². The molecule has 17 heavy (non-hydrogen) atoms. The van der Waals surface area contributed by atoms with Crippen LogP contribution < -0.4 is 10.2 Å². The number of rotatable bonds is 1. The number of hydrogen-bond donors (Lipinski definition) is 2. The molecule has 0 radical (unpaired) electrons. The van der Waals surface area contributed by atoms with Crippen molar-refractivity contribution in [3.05, 3.63) is 29.3 Å². The third kappa shape index (κ3) is 3.35. The zero-order chi connectivity index (χ0) is 12.5. The Bertz CT molecular complexity index is 378. The summed E-state index contributed by atoms with van der Waals surface area (Å²) in [5.74, 6) is 0. The van der Waals surface area contributed by atoms with E-state index in [2.05, 4.69) is 24.1 Å². The van der Waals surface area contributed by atoms with Gasteiger partial charge in [-0.3, -0.25) is 0 Å². The molecular weight excluding hydrogens is 236 g/mol. The molecule has 0 aromatic heterocycles. The van der Waals surface area contributed by atoms with E-state index in [4.69, 9.17) is 11.6 Å². The minimum atomic E-state index is -0.340. The summed E-state index contributed by atoms with van der Waals surface area (Å²) in [5.41, 5.74) is 1.10. The highest BCUT2D eigenvalue weighted by atomic mass is 35.5. The van der Waals surface area contributed by atoms with Gasteiger partial charge in [0.25, 0.3) is 0 Å². The first-order chi connectivity index (χ1) is 7.96. The number of aliphatic hydroxyl groups excluding tert-OH is 1. The molecule has 1 fully saturated rings. The molecule has 0 aliphatic carbocycles. The van der Waals surface area contributed by atoms with Crippen LogP contribution in [0.4, 0.5) is 5.69 Å². The monoisotopic (exact) mass is 254 g/mol. The van der Waals surface area contributed by atoms with Crippen molar-refractivity contribution in [1.82, 2.24) is 5.32 Å². The van der Waals surface area contributed by atoms with Crippen LogP contribution in [0, 0.1) is 0 Å². The SMILES string of the molecule is CC1(C)CN(c2ccc(Cl)cc2)CC(O)CN1. The number of β-amino-alcohol motifs (C(OH)–C–C–N with tert-alkyl or cyclic N) is 1. The smallest absolute Gasteiger partial charge is 0.0839 e. The summed E-state index contributed by atoms with van der Waals surface area (Å²) in [6, 6.07) is 7.76. The predicted molar refractivity (Wildman–Crippen MR) is 71.8 cm³/mol. The van der Waals surface area contributed by atoms with Gasteiger partial charge in [0.1, 0.15) is 0 Å². The molecule has 1 saturated heterocycles. The van der Waals surface area contributed by atoms with Crippen LogP contribution in [0.3, 0.4) is 0 Å². The Morgan fingerprint density at radius 1 is 1.35 bits per heavy atom. The second-order valence-electron chi connectivity index (χ2n) is 5.28. The van der Waals surface area contributed by atoms with E-state index in [1.165, 1.54) is 0 Å². The van der Waals surface area contributed by atoms with Gasteiger partial charge in [-0.15, -0.1) is 0 Å². The molecule has 4 heteroatoms. The van der Waals surface area contributed by atoms with E-state index in [-0.39, 0.29) is 11.6 Å². The largest absolute Gasteiger partial charge is 0.390 e. The lowest BCUT2D eigenvalue weighted by molar-refractivity contribution is 0.179. The van der Waals surface area contributed by atoms with Crippen LogP contribution in [0.25, 0.3) is 0 Å². The van der Waals surface area contributed by atoms with Crippen molar-refractivity contribution in [3.63, 3.8) is 0 Å². The highest BCUT2D eigenvalue weighted by Gasteiger charge is 2.27. The van der Waals surface area contributed by atoms with Crippen molar-refractivity contribution in [1.29, 1.82) is 0 Å². The van der Waals surface area contributed by atoms with Gasteiger partial charge in [-0.25, -0.2) is 0 Å². The van der Waals surface area contributed by atoms with E-state index >= 15 is 0 Å². The highest BCUT2D eigenvalue weighted by Crippen LogP contribution is 2.21. The molecule has 1 aromatic carbocycles. The van der Waals surface area contributed by atoms with Gasteiger partial charge in [-0.1, -0.05) is 11.6 Å². The van der Waals surface area contributed by atoms with Gasteiger partial charge in [0, 0.05) is 35.9 Å². The average Bonchev–Trinajstić information content (AvgIpc) is 2.39. The Labute approximate surface area is 107 Å². The molecule has 1 heterocycles. The molecule has 0 amide bonds. The quantitative estimate of drug-likeness (QED) is 0.804. The van der Waals surface area contributed by atoms with E-state index in [9.17, 15) is 5.11 Å². The molecule has 2 rings (SSSR count). The zero-order valence-electron chi connectivity index (χ0n) is 10.3. The number of halogens is 1. The maximum atomic E-state index is 9.88. The van der Waals surface area contributed by atoms with Gasteiger partial charge in [-0.2, -0.15) is 0 Å². The van der Waals surface area contributed by atoms with Crippen LogP contribution in [0.15, 0.2) is 24.3 Å². The third-order valence-corrected chi connectivity index (χ3v) is 3.28. The fourth-order valence-electron chi connectivity index (χ4n) is 2.16. The second kappa shape index (κ2) is 4.84. The molecule has 0 spiro atoms. The Morgan fingerprint density at radius 3 is 2.65 bits per heavy atom. The van der Waals surface area contributed by atoms with Crippen molar-refractivity contribution in [2.45, 2.75) is 25.5 Å². The normalized spacial score (nSPS) is 24.5. The Hall–Kier alpha value is -0.770. The van der Waals surface area contributed by atoms with Gasteiger partial charge >= 0.3 is 0 Å². The first kappa shape index (κ1) is 12.7. The first-order valence-corrected chi connectivity index (χ1v) is 6.28. The number of nitrogens with zero attached hydrogens (tertiary/aromatic N) is 1. The Kier molecular flexibility index (Phi) is 3.61. The minimum absolute atomic E-state index is 0.00286. The van der Waals surface area contributed by atoms with Gasteiger partial charge in [0.15, 0.2) is 0 Å². The second-order valence-corrected chi connectivity index (χ2v) is 5.71. The van der Waals surface area contributed by atoms with Crippen LogP contribution in [-0.4, -0.2) is 36.4 Å². The number of hydrogen-bond acceptors (Lipinski definition) is 3. The fourth-order valence-corrected chi connectivity index (χ4v) is 2.29. The Balaban J connectivity index is 2.20. The van der Waals surface area contributed by atoms with E-state index in [0.29, 0.717) is 13.1 Å². The van der Waals surface area contributed by atoms with E-state index in [1.54, 1.807) is 0 Å². The average molecular weight is 255 g/mol. The highest BCUT2D eigenvalue weighted by molar-refractivity contribution is 6.30. The molecule has 2 N–H and O–H groups in total. The van der Waals surface area contributed by atoms with E-state index in [0.717, 1.165) is 17.3 Å². The van der Waals surface area contributed by atoms with Gasteiger partial charge in [0.2, 0.25) is 0 Å². The lowest BCUT2D eigenvalue weighted by atomic mass is 10.1. The maximum Gasteiger partial charge on any atom is 0.0839 e. The van der Waals surface area contributed by atoms with Crippen LogP contribution in [0.2, 0.25) is 5.02 Å². The molecule has 1 aliphatic heterocycles. The number of benzene rings is 1. The molecule has 1 unspecified atom stereocenters. The van der Waals surface area contributed by atoms with Gasteiger partial charge in [-0.05, 0) is 38.1 Å². The number of anilines is 1. The standard InChI is InChI=1S/C13H19ClN2O/c1-13(2)9-16(8-12(17)7-15-13)11-5-3-10(14)4-6-11/h3-6,12,15,17H,7-9H2,1-2H3.